The van der Waals surface area contributed by atoms with Crippen molar-refractivity contribution < 1.29 is 4.52 Å². The van der Waals surface area contributed by atoms with Gasteiger partial charge in [-0.2, -0.15) is 4.98 Å². The number of anilines is 1. The van der Waals surface area contributed by atoms with Crippen LogP contribution in [-0.2, 0) is 6.42 Å². The van der Waals surface area contributed by atoms with Gasteiger partial charge in [0.05, 0.1) is 6.42 Å². The van der Waals surface area contributed by atoms with Crippen LogP contribution in [0.25, 0.3) is 22.8 Å². The molecule has 1 saturated heterocycles. The lowest BCUT2D eigenvalue weighted by Crippen LogP contribution is -2.44. The van der Waals surface area contributed by atoms with Crippen LogP contribution in [0, 0.1) is 6.92 Å². The van der Waals surface area contributed by atoms with E-state index in [4.69, 9.17) is 4.52 Å². The lowest BCUT2D eigenvalue weighted by atomic mass is 10.1. The number of piperazine rings is 1. The molecule has 4 aromatic heterocycles. The molecule has 1 aliphatic heterocycles. The summed E-state index contributed by atoms with van der Waals surface area (Å²) >= 11 is 0. The van der Waals surface area contributed by atoms with Crippen LogP contribution in [0.3, 0.4) is 0 Å². The molecule has 0 amide bonds. The van der Waals surface area contributed by atoms with Gasteiger partial charge in [0, 0.05) is 67.2 Å². The third-order valence-electron chi connectivity index (χ3n) is 5.81. The molecule has 4 aromatic rings. The Kier molecular flexibility index (Phi) is 5.66. The molecular weight excluding hydrogens is 420 g/mol. The summed E-state index contributed by atoms with van der Waals surface area (Å²) in [6.45, 7) is 5.75. The molecule has 0 aliphatic carbocycles. The van der Waals surface area contributed by atoms with Crippen molar-refractivity contribution in [3.05, 3.63) is 70.4 Å². The molecule has 0 spiro atoms. The number of aromatic nitrogens is 6. The fraction of sp³-hybridized carbons (Fsp3) is 0.304. The molecule has 0 unspecified atom stereocenters. The van der Waals surface area contributed by atoms with Gasteiger partial charge in [-0.3, -0.25) is 9.78 Å². The smallest absolute Gasteiger partial charge is 0.255 e. The van der Waals surface area contributed by atoms with E-state index in [1.54, 1.807) is 37.6 Å². The average Bonchev–Trinajstić information content (AvgIpc) is 3.31. The van der Waals surface area contributed by atoms with Gasteiger partial charge in [0.2, 0.25) is 11.7 Å². The van der Waals surface area contributed by atoms with Crippen molar-refractivity contribution in [2.24, 2.45) is 0 Å². The maximum absolute atomic E-state index is 12.7. The van der Waals surface area contributed by atoms with Gasteiger partial charge in [0.25, 0.3) is 5.56 Å². The summed E-state index contributed by atoms with van der Waals surface area (Å²) in [7, 11) is 2.13. The summed E-state index contributed by atoms with van der Waals surface area (Å²) in [4.78, 5) is 37.7. The Morgan fingerprint density at radius 1 is 1.03 bits per heavy atom. The maximum Gasteiger partial charge on any atom is 0.255 e. The minimum absolute atomic E-state index is 0.199. The fourth-order valence-electron chi connectivity index (χ4n) is 3.80. The topological polar surface area (TPSA) is 117 Å². The van der Waals surface area contributed by atoms with E-state index >= 15 is 0 Å². The Labute approximate surface area is 190 Å². The van der Waals surface area contributed by atoms with Crippen molar-refractivity contribution in [3.63, 3.8) is 0 Å². The van der Waals surface area contributed by atoms with Crippen molar-refractivity contribution in [1.29, 1.82) is 0 Å². The van der Waals surface area contributed by atoms with Gasteiger partial charge < -0.3 is 19.3 Å². The van der Waals surface area contributed by atoms with E-state index in [-0.39, 0.29) is 12.0 Å². The van der Waals surface area contributed by atoms with E-state index < -0.39 is 0 Å². The monoisotopic (exact) mass is 444 g/mol. The zero-order valence-electron chi connectivity index (χ0n) is 18.5. The molecule has 168 valence electrons. The Balaban J connectivity index is 1.32. The first-order valence-corrected chi connectivity index (χ1v) is 10.8. The number of rotatable bonds is 5. The van der Waals surface area contributed by atoms with Crippen LogP contribution >= 0.6 is 0 Å². The Morgan fingerprint density at radius 2 is 1.82 bits per heavy atom. The number of likely N-dealkylation sites (N-methyl/N-ethyl adjacent to an activating group) is 1. The molecule has 0 radical (unpaired) electrons. The zero-order chi connectivity index (χ0) is 22.8. The molecule has 5 rings (SSSR count). The van der Waals surface area contributed by atoms with Gasteiger partial charge in [0.1, 0.15) is 11.6 Å². The molecule has 0 bridgehead atoms. The Hall–Kier alpha value is -3.92. The molecule has 0 saturated carbocycles. The molecule has 5 heterocycles. The number of nitrogens with zero attached hydrogens (tertiary/aromatic N) is 7. The van der Waals surface area contributed by atoms with Crippen molar-refractivity contribution in [2.45, 2.75) is 13.3 Å². The van der Waals surface area contributed by atoms with E-state index in [1.807, 2.05) is 12.1 Å². The number of hydrogen-bond acceptors (Lipinski definition) is 9. The summed E-state index contributed by atoms with van der Waals surface area (Å²) in [5.41, 5.74) is 2.44. The molecular formula is C23H24N8O2. The van der Waals surface area contributed by atoms with Crippen LogP contribution in [0.4, 0.5) is 5.82 Å². The van der Waals surface area contributed by atoms with Crippen LogP contribution in [0.2, 0.25) is 0 Å². The number of H-pyrrole nitrogens is 1. The van der Waals surface area contributed by atoms with Crippen molar-refractivity contribution in [3.8, 4) is 22.8 Å². The lowest BCUT2D eigenvalue weighted by molar-refractivity contribution is 0.312. The van der Waals surface area contributed by atoms with Gasteiger partial charge >= 0.3 is 0 Å². The van der Waals surface area contributed by atoms with E-state index in [1.165, 1.54) is 0 Å². The number of hydrogen-bond donors (Lipinski definition) is 1. The Bertz CT molecular complexity index is 1290. The Morgan fingerprint density at radius 3 is 2.52 bits per heavy atom. The molecule has 0 aromatic carbocycles. The summed E-state index contributed by atoms with van der Waals surface area (Å²) in [6.07, 6.45) is 5.27. The predicted octanol–water partition coefficient (Wildman–Crippen LogP) is 1.93. The number of pyridine rings is 2. The second-order valence-corrected chi connectivity index (χ2v) is 8.10. The van der Waals surface area contributed by atoms with Gasteiger partial charge in [-0.25, -0.2) is 9.97 Å². The third-order valence-corrected chi connectivity index (χ3v) is 5.81. The summed E-state index contributed by atoms with van der Waals surface area (Å²) in [6, 6.07) is 7.51. The van der Waals surface area contributed by atoms with Crippen molar-refractivity contribution >= 4 is 5.82 Å². The quantitative estimate of drug-likeness (QED) is 0.493. The highest BCUT2D eigenvalue weighted by Crippen LogP contribution is 2.20. The first-order chi connectivity index (χ1) is 16.1. The van der Waals surface area contributed by atoms with Gasteiger partial charge in [-0.1, -0.05) is 5.16 Å². The van der Waals surface area contributed by atoms with E-state index in [2.05, 4.69) is 46.9 Å². The summed E-state index contributed by atoms with van der Waals surface area (Å²) < 4.78 is 5.41. The molecule has 10 nitrogen and oxygen atoms in total. The summed E-state index contributed by atoms with van der Waals surface area (Å²) in [5, 5.41) is 4.07. The first-order valence-electron chi connectivity index (χ1n) is 10.8. The predicted molar refractivity (Wildman–Crippen MR) is 123 cm³/mol. The van der Waals surface area contributed by atoms with Crippen molar-refractivity contribution in [2.75, 3.05) is 38.1 Å². The largest absolute Gasteiger partial charge is 0.354 e. The van der Waals surface area contributed by atoms with E-state index in [9.17, 15) is 4.79 Å². The molecule has 33 heavy (non-hydrogen) atoms. The SMILES string of the molecule is Cc1nc(-c2ccncc2)[nH]c(=O)c1Cc1nc(-c2ccc(N3CCN(C)CC3)nc2)no1. The maximum atomic E-state index is 12.7. The minimum Gasteiger partial charge on any atom is -0.354 e. The standard InChI is InChI=1S/C23H24N8O2/c1-15-18(23(32)28-21(26-15)16-5-7-24-8-6-16)13-20-27-22(29-33-20)17-3-4-19(25-14-17)31-11-9-30(2)10-12-31/h3-8,14H,9-13H2,1-2H3,(H,26,28,32). The van der Waals surface area contributed by atoms with Crippen LogP contribution in [-0.4, -0.2) is 68.2 Å². The lowest BCUT2D eigenvalue weighted by Gasteiger charge is -2.33. The van der Waals surface area contributed by atoms with Crippen LogP contribution in [0.15, 0.2) is 52.2 Å². The van der Waals surface area contributed by atoms with Gasteiger partial charge in [-0.15, -0.1) is 0 Å². The molecule has 1 N–H and O–H groups in total. The zero-order valence-corrected chi connectivity index (χ0v) is 18.5. The van der Waals surface area contributed by atoms with Crippen LogP contribution in [0.5, 0.6) is 0 Å². The highest BCUT2D eigenvalue weighted by Gasteiger charge is 2.17. The van der Waals surface area contributed by atoms with Crippen LogP contribution in [0.1, 0.15) is 17.1 Å². The van der Waals surface area contributed by atoms with E-state index in [0.29, 0.717) is 28.8 Å². The third kappa shape index (κ3) is 4.51. The van der Waals surface area contributed by atoms with Gasteiger partial charge in [0.15, 0.2) is 0 Å². The number of aryl methyl sites for hydroxylation is 1. The normalized spacial score (nSPS) is 14.5. The minimum atomic E-state index is -0.229. The molecule has 10 heteroatoms. The average molecular weight is 444 g/mol. The fourth-order valence-corrected chi connectivity index (χ4v) is 3.80. The number of nitrogens with one attached hydrogen (secondary N) is 1. The highest BCUT2D eigenvalue weighted by molar-refractivity contribution is 5.56. The molecule has 0 atom stereocenters. The van der Waals surface area contributed by atoms with Gasteiger partial charge in [-0.05, 0) is 38.2 Å². The van der Waals surface area contributed by atoms with Crippen LogP contribution < -0.4 is 10.5 Å². The molecule has 1 fully saturated rings. The molecule has 1 aliphatic rings. The second kappa shape index (κ2) is 8.91. The highest BCUT2D eigenvalue weighted by atomic mass is 16.5. The number of aromatic amines is 1. The second-order valence-electron chi connectivity index (χ2n) is 8.10. The van der Waals surface area contributed by atoms with Crippen molar-refractivity contribution in [1.82, 2.24) is 35.0 Å². The van der Waals surface area contributed by atoms with E-state index in [0.717, 1.165) is 43.1 Å². The summed E-state index contributed by atoms with van der Waals surface area (Å²) in [5.74, 6) is 2.23. The first kappa shape index (κ1) is 21.0.